The predicted molar refractivity (Wildman–Crippen MR) is 77.2 cm³/mol. The van der Waals surface area contributed by atoms with Gasteiger partial charge in [0.2, 0.25) is 0 Å². The SMILES string of the molecule is CCc1nc(N)c(C)c(NC(C)C2CCOCC2)n1. The molecule has 0 bridgehead atoms. The summed E-state index contributed by atoms with van der Waals surface area (Å²) in [5, 5.41) is 3.51. The summed E-state index contributed by atoms with van der Waals surface area (Å²) in [6.07, 6.45) is 3.01. The Kier molecular flexibility index (Phi) is 4.58. The fourth-order valence-electron chi connectivity index (χ4n) is 2.43. The minimum atomic E-state index is 0.376. The van der Waals surface area contributed by atoms with Crippen LogP contribution < -0.4 is 11.1 Å². The smallest absolute Gasteiger partial charge is 0.134 e. The van der Waals surface area contributed by atoms with E-state index >= 15 is 0 Å². The average Bonchev–Trinajstić information content (AvgIpc) is 2.44. The molecule has 0 aromatic carbocycles. The van der Waals surface area contributed by atoms with Crippen molar-refractivity contribution in [3.8, 4) is 0 Å². The van der Waals surface area contributed by atoms with Gasteiger partial charge < -0.3 is 15.8 Å². The zero-order chi connectivity index (χ0) is 13.8. The lowest BCUT2D eigenvalue weighted by molar-refractivity contribution is 0.0622. The molecule has 106 valence electrons. The second-order valence-electron chi connectivity index (χ2n) is 5.24. The van der Waals surface area contributed by atoms with Crippen molar-refractivity contribution >= 4 is 11.6 Å². The van der Waals surface area contributed by atoms with Crippen LogP contribution in [0.1, 0.15) is 38.1 Å². The van der Waals surface area contributed by atoms with Crippen molar-refractivity contribution in [3.05, 3.63) is 11.4 Å². The van der Waals surface area contributed by atoms with Crippen LogP contribution in [-0.2, 0) is 11.2 Å². The van der Waals surface area contributed by atoms with Crippen LogP contribution in [0.3, 0.4) is 0 Å². The number of nitrogen functional groups attached to an aromatic ring is 1. The maximum atomic E-state index is 5.94. The summed E-state index contributed by atoms with van der Waals surface area (Å²) >= 11 is 0. The van der Waals surface area contributed by atoms with E-state index < -0.39 is 0 Å². The van der Waals surface area contributed by atoms with Crippen LogP contribution in [0.15, 0.2) is 0 Å². The lowest BCUT2D eigenvalue weighted by Gasteiger charge is -2.29. The summed E-state index contributed by atoms with van der Waals surface area (Å²) in [7, 11) is 0. The van der Waals surface area contributed by atoms with E-state index in [-0.39, 0.29) is 0 Å². The van der Waals surface area contributed by atoms with Crippen LogP contribution in [0.5, 0.6) is 0 Å². The summed E-state index contributed by atoms with van der Waals surface area (Å²) in [4.78, 5) is 8.83. The van der Waals surface area contributed by atoms with Gasteiger partial charge in [0.1, 0.15) is 17.5 Å². The molecule has 2 heterocycles. The summed E-state index contributed by atoms with van der Waals surface area (Å²) < 4.78 is 5.41. The normalized spacial score (nSPS) is 18.3. The topological polar surface area (TPSA) is 73.1 Å². The molecule has 19 heavy (non-hydrogen) atoms. The Hall–Kier alpha value is -1.36. The molecule has 1 aromatic rings. The van der Waals surface area contributed by atoms with Crippen LogP contribution in [0, 0.1) is 12.8 Å². The van der Waals surface area contributed by atoms with E-state index in [2.05, 4.69) is 22.2 Å². The molecule has 5 nitrogen and oxygen atoms in total. The summed E-state index contributed by atoms with van der Waals surface area (Å²) in [6, 6.07) is 0.376. The Balaban J connectivity index is 2.11. The van der Waals surface area contributed by atoms with Crippen molar-refractivity contribution in [1.29, 1.82) is 0 Å². The van der Waals surface area contributed by atoms with Crippen LogP contribution in [-0.4, -0.2) is 29.2 Å². The molecule has 1 aliphatic heterocycles. The average molecular weight is 264 g/mol. The van der Waals surface area contributed by atoms with Gasteiger partial charge in [-0.1, -0.05) is 6.92 Å². The van der Waals surface area contributed by atoms with E-state index in [0.717, 1.165) is 49.7 Å². The standard InChI is InChI=1S/C14H24N4O/c1-4-12-17-13(15)9(2)14(18-12)16-10(3)11-5-7-19-8-6-11/h10-11H,4-8H2,1-3H3,(H3,15,16,17,18). The number of nitrogens with zero attached hydrogens (tertiary/aromatic N) is 2. The van der Waals surface area contributed by atoms with Crippen molar-refractivity contribution in [1.82, 2.24) is 9.97 Å². The van der Waals surface area contributed by atoms with Crippen molar-refractivity contribution in [2.45, 2.75) is 46.1 Å². The van der Waals surface area contributed by atoms with Crippen molar-refractivity contribution in [2.75, 3.05) is 24.3 Å². The highest BCUT2D eigenvalue weighted by molar-refractivity contribution is 5.55. The highest BCUT2D eigenvalue weighted by Gasteiger charge is 2.21. The highest BCUT2D eigenvalue weighted by Crippen LogP contribution is 2.24. The molecule has 0 radical (unpaired) electrons. The van der Waals surface area contributed by atoms with Gasteiger partial charge in [0.15, 0.2) is 0 Å². The van der Waals surface area contributed by atoms with E-state index in [1.54, 1.807) is 0 Å². The lowest BCUT2D eigenvalue weighted by Crippen LogP contribution is -2.31. The number of nitrogens with one attached hydrogen (secondary N) is 1. The van der Waals surface area contributed by atoms with Crippen LogP contribution >= 0.6 is 0 Å². The van der Waals surface area contributed by atoms with Gasteiger partial charge in [0.25, 0.3) is 0 Å². The van der Waals surface area contributed by atoms with Gasteiger partial charge in [-0.05, 0) is 32.6 Å². The molecule has 0 aliphatic carbocycles. The molecule has 1 unspecified atom stereocenters. The largest absolute Gasteiger partial charge is 0.383 e. The molecule has 0 amide bonds. The van der Waals surface area contributed by atoms with Crippen LogP contribution in [0.2, 0.25) is 0 Å². The van der Waals surface area contributed by atoms with Gasteiger partial charge in [0.05, 0.1) is 0 Å². The van der Waals surface area contributed by atoms with Crippen LogP contribution in [0.4, 0.5) is 11.6 Å². The minimum Gasteiger partial charge on any atom is -0.383 e. The van der Waals surface area contributed by atoms with Crippen molar-refractivity contribution in [3.63, 3.8) is 0 Å². The van der Waals surface area contributed by atoms with Crippen molar-refractivity contribution in [2.24, 2.45) is 5.92 Å². The number of hydrogen-bond donors (Lipinski definition) is 2. The number of rotatable bonds is 4. The first-order valence-electron chi connectivity index (χ1n) is 7.09. The van der Waals surface area contributed by atoms with Gasteiger partial charge in [-0.3, -0.25) is 0 Å². The maximum Gasteiger partial charge on any atom is 0.134 e. The number of aromatic nitrogens is 2. The third-order valence-corrected chi connectivity index (χ3v) is 3.88. The van der Waals surface area contributed by atoms with Gasteiger partial charge >= 0.3 is 0 Å². The predicted octanol–water partition coefficient (Wildman–Crippen LogP) is 2.16. The van der Waals surface area contributed by atoms with Gasteiger partial charge in [-0.2, -0.15) is 0 Å². The van der Waals surface area contributed by atoms with E-state index in [4.69, 9.17) is 10.5 Å². The molecule has 1 fully saturated rings. The summed E-state index contributed by atoms with van der Waals surface area (Å²) in [5.74, 6) is 2.89. The Morgan fingerprint density at radius 1 is 1.37 bits per heavy atom. The molecule has 2 rings (SSSR count). The number of hydrogen-bond acceptors (Lipinski definition) is 5. The first-order chi connectivity index (χ1) is 9.11. The quantitative estimate of drug-likeness (QED) is 0.871. The third-order valence-electron chi connectivity index (χ3n) is 3.88. The molecular weight excluding hydrogens is 240 g/mol. The first-order valence-corrected chi connectivity index (χ1v) is 7.09. The Bertz CT molecular complexity index is 430. The zero-order valence-corrected chi connectivity index (χ0v) is 12.1. The van der Waals surface area contributed by atoms with Gasteiger partial charge in [-0.15, -0.1) is 0 Å². The zero-order valence-electron chi connectivity index (χ0n) is 12.1. The van der Waals surface area contributed by atoms with Gasteiger partial charge in [0, 0.05) is 31.2 Å². The van der Waals surface area contributed by atoms with E-state index in [1.165, 1.54) is 0 Å². The fourth-order valence-corrected chi connectivity index (χ4v) is 2.43. The van der Waals surface area contributed by atoms with Crippen molar-refractivity contribution < 1.29 is 4.74 Å². The monoisotopic (exact) mass is 264 g/mol. The fraction of sp³-hybridized carbons (Fsp3) is 0.714. The van der Waals surface area contributed by atoms with E-state index in [9.17, 15) is 0 Å². The molecular formula is C14H24N4O. The number of ether oxygens (including phenoxy) is 1. The molecule has 1 atom stereocenters. The lowest BCUT2D eigenvalue weighted by atomic mass is 9.93. The van der Waals surface area contributed by atoms with Crippen LogP contribution in [0.25, 0.3) is 0 Å². The second-order valence-corrected chi connectivity index (χ2v) is 5.24. The van der Waals surface area contributed by atoms with Gasteiger partial charge in [-0.25, -0.2) is 9.97 Å². The number of nitrogens with two attached hydrogens (primary N) is 1. The Morgan fingerprint density at radius 3 is 2.68 bits per heavy atom. The Labute approximate surface area is 115 Å². The number of anilines is 2. The highest BCUT2D eigenvalue weighted by atomic mass is 16.5. The molecule has 0 saturated carbocycles. The van der Waals surface area contributed by atoms with E-state index in [1.807, 2.05) is 13.8 Å². The second kappa shape index (κ2) is 6.19. The Morgan fingerprint density at radius 2 is 2.05 bits per heavy atom. The first kappa shape index (κ1) is 14.1. The molecule has 1 aliphatic rings. The minimum absolute atomic E-state index is 0.376. The third kappa shape index (κ3) is 3.35. The molecule has 0 spiro atoms. The summed E-state index contributed by atoms with van der Waals surface area (Å²) in [5.41, 5.74) is 6.88. The molecule has 1 saturated heterocycles. The molecule has 3 N–H and O–H groups in total. The molecule has 1 aromatic heterocycles. The van der Waals surface area contributed by atoms with E-state index in [0.29, 0.717) is 17.8 Å². The summed E-state index contributed by atoms with van der Waals surface area (Å²) in [6.45, 7) is 7.94. The maximum absolute atomic E-state index is 5.94. The molecule has 5 heteroatoms. The number of aryl methyl sites for hydroxylation is 1.